The molecule has 21 heavy (non-hydrogen) atoms. The zero-order chi connectivity index (χ0) is 15.6. The van der Waals surface area contributed by atoms with Crippen LogP contribution in [0.4, 0.5) is 5.69 Å². The van der Waals surface area contributed by atoms with E-state index in [1.54, 1.807) is 12.1 Å². The van der Waals surface area contributed by atoms with E-state index in [0.29, 0.717) is 11.3 Å². The molecule has 0 aliphatic carbocycles. The Morgan fingerprint density at radius 2 is 2.19 bits per heavy atom. The van der Waals surface area contributed by atoms with E-state index in [1.165, 1.54) is 13.0 Å². The third kappa shape index (κ3) is 3.57. The Kier molecular flexibility index (Phi) is 3.94. The molecule has 2 rings (SSSR count). The fraction of sp³-hybridized carbons (Fsp3) is 0.250. The highest BCUT2D eigenvalue weighted by molar-refractivity contribution is 7.91. The maximum Gasteiger partial charge on any atom is 0.344 e. The molecule has 0 unspecified atom stereocenters. The molecule has 1 aromatic carbocycles. The average Bonchev–Trinajstić information content (AvgIpc) is 2.33. The molecule has 9 heteroatoms. The first kappa shape index (κ1) is 15.0. The van der Waals surface area contributed by atoms with Gasteiger partial charge in [0.05, 0.1) is 17.0 Å². The van der Waals surface area contributed by atoms with E-state index >= 15 is 0 Å². The predicted molar refractivity (Wildman–Crippen MR) is 78.2 cm³/mol. The number of nitrogens with two attached hydrogens (primary N) is 1. The van der Waals surface area contributed by atoms with Crippen LogP contribution < -0.4 is 15.2 Å². The number of rotatable bonds is 5. The molecule has 1 heterocycles. The molecule has 0 saturated heterocycles. The van der Waals surface area contributed by atoms with E-state index in [1.807, 2.05) is 0 Å². The lowest BCUT2D eigenvalue weighted by atomic mass is 10.1. The molecule has 0 bridgehead atoms. The summed E-state index contributed by atoms with van der Waals surface area (Å²) in [6.45, 7) is 1.30. The number of carbonyl (C=O) groups excluding carboxylic acids is 1. The summed E-state index contributed by atoms with van der Waals surface area (Å²) in [6.07, 6.45) is 0.00518. The van der Waals surface area contributed by atoms with Crippen LogP contribution >= 0.6 is 0 Å². The van der Waals surface area contributed by atoms with Crippen LogP contribution in [-0.4, -0.2) is 32.4 Å². The molecule has 8 nitrogen and oxygen atoms in total. The quantitative estimate of drug-likeness (QED) is 0.678. The fourth-order valence-corrected chi connectivity index (χ4v) is 2.70. The van der Waals surface area contributed by atoms with Crippen LogP contribution in [-0.2, 0) is 15.0 Å². The summed E-state index contributed by atoms with van der Waals surface area (Å²) in [5, 5.41) is 7.60. The van der Waals surface area contributed by atoms with Crippen molar-refractivity contribution in [3.63, 3.8) is 0 Å². The molecule has 1 aliphatic heterocycles. The van der Waals surface area contributed by atoms with Gasteiger partial charge in [-0.05, 0) is 19.1 Å². The van der Waals surface area contributed by atoms with Gasteiger partial charge in [0.25, 0.3) is 0 Å². The van der Waals surface area contributed by atoms with Crippen molar-refractivity contribution in [3.8, 4) is 5.75 Å². The minimum absolute atomic E-state index is 0.00518. The highest BCUT2D eigenvalue weighted by atomic mass is 32.2. The van der Waals surface area contributed by atoms with Crippen LogP contribution in [0.1, 0.15) is 18.9 Å². The molecule has 4 N–H and O–H groups in total. The lowest BCUT2D eigenvalue weighted by Gasteiger charge is -2.19. The van der Waals surface area contributed by atoms with Crippen molar-refractivity contribution in [1.29, 1.82) is 5.41 Å². The first-order valence-electron chi connectivity index (χ1n) is 5.98. The van der Waals surface area contributed by atoms with E-state index in [0.717, 1.165) is 0 Å². The number of ether oxygens (including phenoxy) is 1. The normalized spacial score (nSPS) is 15.4. The maximum atomic E-state index is 11.4. The Labute approximate surface area is 121 Å². The first-order chi connectivity index (χ1) is 9.78. The number of ketones is 1. The molecule has 1 aromatic rings. The van der Waals surface area contributed by atoms with Gasteiger partial charge in [0.1, 0.15) is 18.1 Å². The van der Waals surface area contributed by atoms with E-state index in [-0.39, 0.29) is 36.0 Å². The van der Waals surface area contributed by atoms with Gasteiger partial charge in [0.2, 0.25) is 0 Å². The van der Waals surface area contributed by atoms with Crippen molar-refractivity contribution in [2.24, 2.45) is 10.1 Å². The van der Waals surface area contributed by atoms with Crippen LogP contribution in [0.3, 0.4) is 0 Å². The monoisotopic (exact) mass is 310 g/mol. The molecule has 0 atom stereocenters. The number of benzene rings is 1. The number of nitrogens with one attached hydrogen (secondary N) is 2. The molecular formula is C12H14N4O4S. The van der Waals surface area contributed by atoms with Crippen LogP contribution in [0.25, 0.3) is 0 Å². The number of amidine groups is 1. The minimum Gasteiger partial charge on any atom is -0.487 e. The molecule has 0 fully saturated rings. The Hall–Kier alpha value is -2.42. The van der Waals surface area contributed by atoms with Gasteiger partial charge in [-0.15, -0.1) is 4.40 Å². The average molecular weight is 310 g/mol. The molecule has 112 valence electrons. The molecule has 0 spiro atoms. The van der Waals surface area contributed by atoms with Crippen molar-refractivity contribution in [3.05, 3.63) is 23.8 Å². The van der Waals surface area contributed by atoms with Crippen LogP contribution in [0.15, 0.2) is 22.6 Å². The maximum absolute atomic E-state index is 11.4. The lowest BCUT2D eigenvalue weighted by Crippen LogP contribution is -2.27. The molecule has 0 saturated carbocycles. The van der Waals surface area contributed by atoms with Crippen molar-refractivity contribution >= 4 is 33.2 Å². The third-order valence-electron chi connectivity index (χ3n) is 2.60. The van der Waals surface area contributed by atoms with Gasteiger partial charge >= 0.3 is 10.2 Å². The van der Waals surface area contributed by atoms with Gasteiger partial charge in [0, 0.05) is 6.42 Å². The van der Waals surface area contributed by atoms with E-state index in [2.05, 4.69) is 9.12 Å². The number of nitrogens with zero attached hydrogens (tertiary/aromatic N) is 1. The second kappa shape index (κ2) is 5.52. The molecule has 0 aromatic heterocycles. The van der Waals surface area contributed by atoms with Crippen LogP contribution in [0.2, 0.25) is 0 Å². The highest BCUT2D eigenvalue weighted by Crippen LogP contribution is 2.30. The highest BCUT2D eigenvalue weighted by Gasteiger charge is 2.24. The summed E-state index contributed by atoms with van der Waals surface area (Å²) < 4.78 is 33.9. The summed E-state index contributed by atoms with van der Waals surface area (Å²) >= 11 is 0. The number of carbonyl (C=O) groups is 1. The summed E-state index contributed by atoms with van der Waals surface area (Å²) in [7, 11) is -3.84. The summed E-state index contributed by atoms with van der Waals surface area (Å²) in [5.41, 5.74) is 6.35. The summed E-state index contributed by atoms with van der Waals surface area (Å²) in [5.74, 6) is -0.0190. The second-order valence-electron chi connectivity index (χ2n) is 4.50. The SMILES string of the molecule is CC(=O)CC(=N)COc1cccc2c1C(N)=NS(=O)(=O)N2. The number of anilines is 1. The van der Waals surface area contributed by atoms with Crippen LogP contribution in [0.5, 0.6) is 5.75 Å². The predicted octanol–water partition coefficient (Wildman–Crippen LogP) is 0.440. The van der Waals surface area contributed by atoms with Crippen molar-refractivity contribution in [2.75, 3.05) is 11.3 Å². The molecule has 0 amide bonds. The number of hydrogen-bond acceptors (Lipinski definition) is 6. The van der Waals surface area contributed by atoms with Gasteiger partial charge in [0.15, 0.2) is 5.84 Å². The van der Waals surface area contributed by atoms with Gasteiger partial charge < -0.3 is 15.9 Å². The summed E-state index contributed by atoms with van der Waals surface area (Å²) in [6, 6.07) is 4.70. The second-order valence-corrected chi connectivity index (χ2v) is 5.84. The van der Waals surface area contributed by atoms with Crippen molar-refractivity contribution in [2.45, 2.75) is 13.3 Å². The lowest BCUT2D eigenvalue weighted by molar-refractivity contribution is -0.115. The van der Waals surface area contributed by atoms with Crippen molar-refractivity contribution in [1.82, 2.24) is 0 Å². The number of hydrogen-bond donors (Lipinski definition) is 3. The standard InChI is InChI=1S/C12H14N4O4S/c1-7(17)5-8(13)6-20-10-4-2-3-9-11(10)12(14)16-21(18,19)15-9/h2-4,13,15H,5-6H2,1H3,(H2,14,16). The fourth-order valence-electron chi connectivity index (χ4n) is 1.85. The smallest absolute Gasteiger partial charge is 0.344 e. The van der Waals surface area contributed by atoms with E-state index in [9.17, 15) is 13.2 Å². The van der Waals surface area contributed by atoms with Gasteiger partial charge in [-0.2, -0.15) is 8.42 Å². The number of fused-ring (bicyclic) bond motifs is 1. The first-order valence-corrected chi connectivity index (χ1v) is 7.42. The largest absolute Gasteiger partial charge is 0.487 e. The Balaban J connectivity index is 2.24. The van der Waals surface area contributed by atoms with Gasteiger partial charge in [-0.3, -0.25) is 9.52 Å². The molecule has 0 radical (unpaired) electrons. The molecule has 1 aliphatic rings. The Morgan fingerprint density at radius 3 is 2.86 bits per heavy atom. The van der Waals surface area contributed by atoms with Gasteiger partial charge in [-0.25, -0.2) is 0 Å². The minimum atomic E-state index is -3.84. The molecular weight excluding hydrogens is 296 g/mol. The Morgan fingerprint density at radius 1 is 1.48 bits per heavy atom. The van der Waals surface area contributed by atoms with Crippen molar-refractivity contribution < 1.29 is 17.9 Å². The van der Waals surface area contributed by atoms with Crippen LogP contribution in [0, 0.1) is 5.41 Å². The third-order valence-corrected chi connectivity index (χ3v) is 3.52. The zero-order valence-corrected chi connectivity index (χ0v) is 12.0. The van der Waals surface area contributed by atoms with E-state index in [4.69, 9.17) is 15.9 Å². The number of Topliss-reactive ketones (excluding diaryl/α,β-unsaturated/α-hetero) is 1. The zero-order valence-electron chi connectivity index (χ0n) is 11.2. The van der Waals surface area contributed by atoms with Gasteiger partial charge in [-0.1, -0.05) is 6.07 Å². The summed E-state index contributed by atoms with van der Waals surface area (Å²) in [4.78, 5) is 10.9. The topological polar surface area (TPSA) is 135 Å². The Bertz CT molecular complexity index is 740. The van der Waals surface area contributed by atoms with E-state index < -0.39 is 10.2 Å².